The Morgan fingerprint density at radius 1 is 0.862 bits per heavy atom. The van der Waals surface area contributed by atoms with E-state index in [1.807, 2.05) is 12.1 Å². The second kappa shape index (κ2) is 11.4. The second-order valence-electron chi connectivity index (χ2n) is 8.86. The minimum atomic E-state index is -0.389. The summed E-state index contributed by atoms with van der Waals surface area (Å²) < 4.78 is 14.6. The van der Waals surface area contributed by atoms with Gasteiger partial charge in [-0.2, -0.15) is 4.39 Å². The summed E-state index contributed by atoms with van der Waals surface area (Å²) in [5.74, 6) is 1.96. The molecule has 0 unspecified atom stereocenters. The first kappa shape index (κ1) is 21.9. The molecule has 2 nitrogen and oxygen atoms in total. The van der Waals surface area contributed by atoms with Gasteiger partial charge in [0.2, 0.25) is 5.95 Å². The number of unbranched alkanes of at least 4 members (excludes halogenated alkanes) is 2. The molecule has 1 saturated carbocycles. The van der Waals surface area contributed by atoms with Gasteiger partial charge in [-0.25, -0.2) is 9.97 Å². The Kier molecular flexibility index (Phi) is 8.64. The molecular weight excluding hydrogens is 359 g/mol. The maximum Gasteiger partial charge on any atom is 0.224 e. The van der Waals surface area contributed by atoms with E-state index in [1.54, 1.807) is 6.20 Å². The van der Waals surface area contributed by atoms with E-state index in [0.29, 0.717) is 11.4 Å². The van der Waals surface area contributed by atoms with Crippen LogP contribution in [0.2, 0.25) is 0 Å². The molecule has 0 bridgehead atoms. The van der Waals surface area contributed by atoms with Crippen LogP contribution in [0.3, 0.4) is 0 Å². The van der Waals surface area contributed by atoms with Gasteiger partial charge in [-0.15, -0.1) is 0 Å². The van der Waals surface area contributed by atoms with Crippen molar-refractivity contribution in [2.24, 2.45) is 11.8 Å². The van der Waals surface area contributed by atoms with Crippen LogP contribution in [0.25, 0.3) is 11.1 Å². The predicted molar refractivity (Wildman–Crippen MR) is 119 cm³/mol. The molecule has 0 spiro atoms. The smallest absolute Gasteiger partial charge is 0.224 e. The van der Waals surface area contributed by atoms with E-state index >= 15 is 0 Å². The molecule has 3 rings (SSSR count). The minimum absolute atomic E-state index is 0.389. The number of hydrogen-bond donors (Lipinski definition) is 0. The van der Waals surface area contributed by atoms with Gasteiger partial charge in [0, 0.05) is 12.6 Å². The molecule has 1 heterocycles. The fraction of sp³-hybridized carbons (Fsp3) is 0.615. The van der Waals surface area contributed by atoms with Gasteiger partial charge in [0.1, 0.15) is 5.82 Å². The van der Waals surface area contributed by atoms with Crippen LogP contribution in [0, 0.1) is 17.8 Å². The predicted octanol–water partition coefficient (Wildman–Crippen LogP) is 7.55. The maximum absolute atomic E-state index is 14.6. The lowest BCUT2D eigenvalue weighted by molar-refractivity contribution is 0.249. The number of benzene rings is 1. The standard InChI is InChI=1S/C26H37FN2/c1-3-5-7-20-9-11-22(12-10-20)15-18-25-28-19-24(26(27)29-25)23-16-13-21(14-17-23)8-6-4-2/h13-14,16-17,19-20,22H,3-12,15,18H2,1-2H3/t20-,22-. The molecule has 2 aromatic rings. The summed E-state index contributed by atoms with van der Waals surface area (Å²) in [5.41, 5.74) is 2.67. The van der Waals surface area contributed by atoms with Crippen LogP contribution in [0.5, 0.6) is 0 Å². The monoisotopic (exact) mass is 396 g/mol. The van der Waals surface area contributed by atoms with Gasteiger partial charge in [0.05, 0.1) is 5.56 Å². The van der Waals surface area contributed by atoms with E-state index in [-0.39, 0.29) is 5.95 Å². The lowest BCUT2D eigenvalue weighted by atomic mass is 9.78. The lowest BCUT2D eigenvalue weighted by Gasteiger charge is -2.28. The largest absolute Gasteiger partial charge is 0.241 e. The fourth-order valence-electron chi connectivity index (χ4n) is 4.58. The molecule has 0 atom stereocenters. The van der Waals surface area contributed by atoms with Crippen molar-refractivity contribution in [3.05, 3.63) is 47.8 Å². The number of aromatic nitrogens is 2. The zero-order chi connectivity index (χ0) is 20.5. The summed E-state index contributed by atoms with van der Waals surface area (Å²) in [6.07, 6.45) is 16.5. The highest BCUT2D eigenvalue weighted by Crippen LogP contribution is 2.34. The molecule has 0 aliphatic heterocycles. The molecule has 1 fully saturated rings. The highest BCUT2D eigenvalue weighted by Gasteiger charge is 2.21. The van der Waals surface area contributed by atoms with Crippen molar-refractivity contribution in [2.75, 3.05) is 0 Å². The summed E-state index contributed by atoms with van der Waals surface area (Å²) in [5, 5.41) is 0. The van der Waals surface area contributed by atoms with Crippen molar-refractivity contribution in [2.45, 2.75) is 90.9 Å². The van der Waals surface area contributed by atoms with Crippen molar-refractivity contribution < 1.29 is 4.39 Å². The van der Waals surface area contributed by atoms with Crippen molar-refractivity contribution in [3.8, 4) is 11.1 Å². The van der Waals surface area contributed by atoms with Crippen LogP contribution in [0.1, 0.15) is 89.4 Å². The highest BCUT2D eigenvalue weighted by molar-refractivity contribution is 5.62. The zero-order valence-corrected chi connectivity index (χ0v) is 18.3. The Morgan fingerprint density at radius 3 is 2.14 bits per heavy atom. The van der Waals surface area contributed by atoms with E-state index in [1.165, 1.54) is 63.4 Å². The molecule has 0 radical (unpaired) electrons. The Balaban J connectivity index is 1.51. The van der Waals surface area contributed by atoms with E-state index in [0.717, 1.165) is 36.7 Å². The van der Waals surface area contributed by atoms with E-state index in [9.17, 15) is 4.39 Å². The minimum Gasteiger partial charge on any atom is -0.241 e. The molecule has 1 aromatic carbocycles. The topological polar surface area (TPSA) is 25.8 Å². The molecule has 1 aromatic heterocycles. The van der Waals surface area contributed by atoms with Gasteiger partial charge in [-0.3, -0.25) is 0 Å². The third-order valence-electron chi connectivity index (χ3n) is 6.58. The number of aryl methyl sites for hydroxylation is 2. The number of hydrogen-bond acceptors (Lipinski definition) is 2. The van der Waals surface area contributed by atoms with Crippen LogP contribution in [-0.4, -0.2) is 9.97 Å². The van der Waals surface area contributed by atoms with Gasteiger partial charge in [-0.1, -0.05) is 89.5 Å². The fourth-order valence-corrected chi connectivity index (χ4v) is 4.58. The van der Waals surface area contributed by atoms with E-state index < -0.39 is 0 Å². The average molecular weight is 397 g/mol. The number of rotatable bonds is 10. The third-order valence-corrected chi connectivity index (χ3v) is 6.58. The second-order valence-corrected chi connectivity index (χ2v) is 8.86. The molecule has 0 amide bonds. The normalized spacial score (nSPS) is 19.4. The van der Waals surface area contributed by atoms with Crippen LogP contribution >= 0.6 is 0 Å². The Hall–Kier alpha value is -1.77. The zero-order valence-electron chi connectivity index (χ0n) is 18.3. The van der Waals surface area contributed by atoms with Gasteiger partial charge < -0.3 is 0 Å². The summed E-state index contributed by atoms with van der Waals surface area (Å²) in [6.45, 7) is 4.47. The first-order valence-electron chi connectivity index (χ1n) is 11.8. The van der Waals surface area contributed by atoms with Gasteiger partial charge in [0.15, 0.2) is 0 Å². The van der Waals surface area contributed by atoms with Gasteiger partial charge in [-0.05, 0) is 42.2 Å². The first-order chi connectivity index (χ1) is 14.2. The Bertz CT molecular complexity index is 733. The van der Waals surface area contributed by atoms with Gasteiger partial charge in [0.25, 0.3) is 0 Å². The lowest BCUT2D eigenvalue weighted by Crippen LogP contribution is -2.15. The number of halogens is 1. The van der Waals surface area contributed by atoms with Crippen LogP contribution in [0.15, 0.2) is 30.5 Å². The summed E-state index contributed by atoms with van der Waals surface area (Å²) in [6, 6.07) is 8.16. The van der Waals surface area contributed by atoms with Crippen LogP contribution in [0.4, 0.5) is 4.39 Å². The summed E-state index contributed by atoms with van der Waals surface area (Å²) >= 11 is 0. The van der Waals surface area contributed by atoms with Crippen molar-refractivity contribution in [3.63, 3.8) is 0 Å². The van der Waals surface area contributed by atoms with Crippen molar-refractivity contribution >= 4 is 0 Å². The summed E-state index contributed by atoms with van der Waals surface area (Å²) in [7, 11) is 0. The summed E-state index contributed by atoms with van der Waals surface area (Å²) in [4.78, 5) is 8.66. The molecule has 1 aliphatic carbocycles. The maximum atomic E-state index is 14.6. The van der Waals surface area contributed by atoms with E-state index in [4.69, 9.17) is 0 Å². The Labute approximate surface area is 176 Å². The molecule has 29 heavy (non-hydrogen) atoms. The molecule has 1 aliphatic rings. The Morgan fingerprint density at radius 2 is 1.52 bits per heavy atom. The molecule has 0 saturated heterocycles. The van der Waals surface area contributed by atoms with Crippen LogP contribution in [-0.2, 0) is 12.8 Å². The van der Waals surface area contributed by atoms with Crippen molar-refractivity contribution in [1.29, 1.82) is 0 Å². The molecule has 0 N–H and O–H groups in total. The number of nitrogens with zero attached hydrogens (tertiary/aromatic N) is 2. The third kappa shape index (κ3) is 6.62. The highest BCUT2D eigenvalue weighted by atomic mass is 19.1. The van der Waals surface area contributed by atoms with Crippen molar-refractivity contribution in [1.82, 2.24) is 9.97 Å². The SMILES string of the molecule is CCCCc1ccc(-c2cnc(CC[C@H]3CC[C@H](CCCC)CC3)nc2F)cc1. The quantitative estimate of drug-likeness (QED) is 0.387. The van der Waals surface area contributed by atoms with Gasteiger partial charge >= 0.3 is 0 Å². The first-order valence-corrected chi connectivity index (χ1v) is 11.8. The average Bonchev–Trinajstić information content (AvgIpc) is 2.76. The molecule has 3 heteroatoms. The van der Waals surface area contributed by atoms with Crippen LogP contribution < -0.4 is 0 Å². The molecule has 158 valence electrons. The van der Waals surface area contributed by atoms with E-state index in [2.05, 4.69) is 35.9 Å². The molecular formula is C26H37FN2.